The Morgan fingerprint density at radius 1 is 1.50 bits per heavy atom. The first kappa shape index (κ1) is 7.03. The predicted molar refractivity (Wildman–Crippen MR) is 49.9 cm³/mol. The Labute approximate surface area is 70.1 Å². The van der Waals surface area contributed by atoms with E-state index in [0.29, 0.717) is 0 Å². The summed E-state index contributed by atoms with van der Waals surface area (Å²) >= 11 is 0. The molecule has 0 bridgehead atoms. The van der Waals surface area contributed by atoms with Gasteiger partial charge in [-0.3, -0.25) is 10.1 Å². The van der Waals surface area contributed by atoms with Crippen molar-refractivity contribution in [2.45, 2.75) is 6.92 Å². The van der Waals surface area contributed by atoms with Gasteiger partial charge in [-0.05, 0) is 25.1 Å². The van der Waals surface area contributed by atoms with Gasteiger partial charge in [-0.15, -0.1) is 0 Å². The van der Waals surface area contributed by atoms with Crippen molar-refractivity contribution in [2.75, 3.05) is 0 Å². The zero-order valence-corrected chi connectivity index (χ0v) is 6.78. The Hall–Kier alpha value is -1.64. The minimum atomic E-state index is 0.953. The van der Waals surface area contributed by atoms with Crippen LogP contribution in [0.3, 0.4) is 0 Å². The smallest absolute Gasteiger partial charge is 0.0671 e. The summed E-state index contributed by atoms with van der Waals surface area (Å²) in [7, 11) is 0. The van der Waals surface area contributed by atoms with E-state index in [4.69, 9.17) is 0 Å². The summed E-state index contributed by atoms with van der Waals surface area (Å²) in [6.07, 6.45) is 3.58. The highest BCUT2D eigenvalue weighted by Crippen LogP contribution is 2.18. The molecule has 1 N–H and O–H groups in total. The minimum Gasteiger partial charge on any atom is -0.278 e. The molecule has 0 aliphatic carbocycles. The lowest BCUT2D eigenvalue weighted by atomic mass is 10.2. The lowest BCUT2D eigenvalue weighted by Crippen LogP contribution is -1.68. The number of fused-ring (bicyclic) bond motifs is 1. The average molecular weight is 159 g/mol. The maximum Gasteiger partial charge on any atom is 0.0671 e. The molecule has 0 aliphatic rings. The number of H-pyrrole nitrogens is 1. The van der Waals surface area contributed by atoms with Crippen LogP contribution in [0.1, 0.15) is 6.92 Å². The van der Waals surface area contributed by atoms with Gasteiger partial charge in [-0.1, -0.05) is 0 Å². The molecule has 0 radical (unpaired) electrons. The van der Waals surface area contributed by atoms with E-state index in [1.807, 2.05) is 25.1 Å². The van der Waals surface area contributed by atoms with Crippen molar-refractivity contribution in [3.05, 3.63) is 24.4 Å². The van der Waals surface area contributed by atoms with Crippen molar-refractivity contribution >= 4 is 22.8 Å². The highest BCUT2D eigenvalue weighted by molar-refractivity contribution is 5.81. The fraction of sp³-hybridized carbons (Fsp3) is 0.111. The van der Waals surface area contributed by atoms with Crippen LogP contribution in [0, 0.1) is 0 Å². The second-order valence-electron chi connectivity index (χ2n) is 2.53. The number of nitrogens with zero attached hydrogens (tertiary/aromatic N) is 2. The maximum absolute atomic E-state index is 4.16. The molecule has 0 spiro atoms. The van der Waals surface area contributed by atoms with Crippen molar-refractivity contribution in [3.8, 4) is 0 Å². The number of hydrogen-bond donors (Lipinski definition) is 1. The quantitative estimate of drug-likeness (QED) is 0.637. The van der Waals surface area contributed by atoms with Crippen molar-refractivity contribution in [1.29, 1.82) is 0 Å². The molecular weight excluding hydrogens is 150 g/mol. The SMILES string of the molecule is CC=Nc1ccc2cn[nH]c2c1. The number of aromatic amines is 1. The fourth-order valence-corrected chi connectivity index (χ4v) is 1.15. The van der Waals surface area contributed by atoms with Crippen LogP contribution in [0.5, 0.6) is 0 Å². The third kappa shape index (κ3) is 1.09. The predicted octanol–water partition coefficient (Wildman–Crippen LogP) is 2.29. The van der Waals surface area contributed by atoms with Crippen molar-refractivity contribution < 1.29 is 0 Å². The molecule has 0 saturated carbocycles. The van der Waals surface area contributed by atoms with Crippen molar-refractivity contribution in [2.24, 2.45) is 4.99 Å². The summed E-state index contributed by atoms with van der Waals surface area (Å²) in [5.41, 5.74) is 1.98. The second kappa shape index (κ2) is 2.77. The molecule has 0 amide bonds. The first-order valence-electron chi connectivity index (χ1n) is 3.82. The summed E-state index contributed by atoms with van der Waals surface area (Å²) in [5.74, 6) is 0. The molecule has 1 heterocycles. The van der Waals surface area contributed by atoms with Crippen molar-refractivity contribution in [1.82, 2.24) is 10.2 Å². The zero-order valence-electron chi connectivity index (χ0n) is 6.78. The van der Waals surface area contributed by atoms with E-state index < -0.39 is 0 Å². The summed E-state index contributed by atoms with van der Waals surface area (Å²) in [6.45, 7) is 1.90. The Morgan fingerprint density at radius 3 is 3.25 bits per heavy atom. The Balaban J connectivity index is 2.60. The van der Waals surface area contributed by atoms with Gasteiger partial charge in [-0.25, -0.2) is 0 Å². The first-order valence-corrected chi connectivity index (χ1v) is 3.82. The van der Waals surface area contributed by atoms with Crippen LogP contribution in [-0.2, 0) is 0 Å². The molecule has 0 saturated heterocycles. The van der Waals surface area contributed by atoms with E-state index in [-0.39, 0.29) is 0 Å². The number of aromatic nitrogens is 2. The zero-order chi connectivity index (χ0) is 8.39. The molecule has 1 aromatic heterocycles. The molecule has 0 unspecified atom stereocenters. The van der Waals surface area contributed by atoms with Crippen LogP contribution >= 0.6 is 0 Å². The van der Waals surface area contributed by atoms with E-state index >= 15 is 0 Å². The van der Waals surface area contributed by atoms with Crippen LogP contribution in [0.4, 0.5) is 5.69 Å². The van der Waals surface area contributed by atoms with Crippen LogP contribution in [0.2, 0.25) is 0 Å². The normalized spacial score (nSPS) is 11.4. The number of aliphatic imine (C=N–C) groups is 1. The highest BCUT2D eigenvalue weighted by atomic mass is 15.1. The van der Waals surface area contributed by atoms with Gasteiger partial charge in [0.2, 0.25) is 0 Å². The first-order chi connectivity index (χ1) is 5.90. The van der Waals surface area contributed by atoms with Crippen LogP contribution < -0.4 is 0 Å². The van der Waals surface area contributed by atoms with E-state index in [9.17, 15) is 0 Å². The van der Waals surface area contributed by atoms with E-state index in [0.717, 1.165) is 16.6 Å². The third-order valence-electron chi connectivity index (χ3n) is 1.70. The molecule has 3 nitrogen and oxygen atoms in total. The Kier molecular flexibility index (Phi) is 1.63. The van der Waals surface area contributed by atoms with E-state index in [2.05, 4.69) is 15.2 Å². The van der Waals surface area contributed by atoms with Gasteiger partial charge in [0.25, 0.3) is 0 Å². The van der Waals surface area contributed by atoms with Crippen LogP contribution in [0.15, 0.2) is 29.4 Å². The molecule has 3 heteroatoms. The molecule has 2 aromatic rings. The van der Waals surface area contributed by atoms with Gasteiger partial charge in [-0.2, -0.15) is 5.10 Å². The van der Waals surface area contributed by atoms with E-state index in [1.54, 1.807) is 12.4 Å². The van der Waals surface area contributed by atoms with Gasteiger partial charge in [0.15, 0.2) is 0 Å². The highest BCUT2D eigenvalue weighted by Gasteiger charge is 1.94. The molecule has 0 fully saturated rings. The van der Waals surface area contributed by atoms with Crippen LogP contribution in [-0.4, -0.2) is 16.4 Å². The molecule has 0 aliphatic heterocycles. The number of rotatable bonds is 1. The third-order valence-corrected chi connectivity index (χ3v) is 1.70. The monoisotopic (exact) mass is 159 g/mol. The molecule has 60 valence electrons. The Bertz CT molecular complexity index is 414. The standard InChI is InChI=1S/C9H9N3/c1-2-10-8-4-3-7-6-11-12-9(7)5-8/h2-6H,1H3,(H,11,12). The topological polar surface area (TPSA) is 41.0 Å². The van der Waals surface area contributed by atoms with Gasteiger partial charge >= 0.3 is 0 Å². The molecule has 12 heavy (non-hydrogen) atoms. The molecular formula is C9H9N3. The van der Waals surface area contributed by atoms with Gasteiger partial charge < -0.3 is 0 Å². The van der Waals surface area contributed by atoms with Gasteiger partial charge in [0, 0.05) is 11.6 Å². The number of nitrogens with one attached hydrogen (secondary N) is 1. The fourth-order valence-electron chi connectivity index (χ4n) is 1.15. The largest absolute Gasteiger partial charge is 0.278 e. The lowest BCUT2D eigenvalue weighted by molar-refractivity contribution is 1.12. The van der Waals surface area contributed by atoms with E-state index in [1.165, 1.54) is 0 Å². The maximum atomic E-state index is 4.16. The molecule has 1 aromatic carbocycles. The number of hydrogen-bond acceptors (Lipinski definition) is 2. The average Bonchev–Trinajstić information content (AvgIpc) is 2.51. The van der Waals surface area contributed by atoms with Crippen LogP contribution in [0.25, 0.3) is 10.9 Å². The second-order valence-corrected chi connectivity index (χ2v) is 2.53. The van der Waals surface area contributed by atoms with Gasteiger partial charge in [0.05, 0.1) is 17.4 Å². The summed E-state index contributed by atoms with van der Waals surface area (Å²) in [4.78, 5) is 4.16. The van der Waals surface area contributed by atoms with Gasteiger partial charge in [0.1, 0.15) is 0 Å². The summed E-state index contributed by atoms with van der Waals surface area (Å²) in [5, 5.41) is 7.94. The summed E-state index contributed by atoms with van der Waals surface area (Å²) < 4.78 is 0. The van der Waals surface area contributed by atoms with Crippen molar-refractivity contribution in [3.63, 3.8) is 0 Å². The lowest BCUT2D eigenvalue weighted by Gasteiger charge is -1.91. The molecule has 0 atom stereocenters. The Morgan fingerprint density at radius 2 is 2.42 bits per heavy atom. The minimum absolute atomic E-state index is 0.953. The summed E-state index contributed by atoms with van der Waals surface area (Å²) in [6, 6.07) is 5.95. The number of benzene rings is 1. The molecule has 2 rings (SSSR count).